The van der Waals surface area contributed by atoms with E-state index in [0.717, 1.165) is 22.9 Å². The summed E-state index contributed by atoms with van der Waals surface area (Å²) in [7, 11) is 0. The summed E-state index contributed by atoms with van der Waals surface area (Å²) in [6, 6.07) is 9.67. The summed E-state index contributed by atoms with van der Waals surface area (Å²) >= 11 is 0. The Balaban J connectivity index is 2.26. The van der Waals surface area contributed by atoms with E-state index in [0.29, 0.717) is 12.3 Å². The minimum atomic E-state index is -0.0581. The van der Waals surface area contributed by atoms with Crippen LogP contribution in [-0.4, -0.2) is 24.0 Å². The molecule has 3 nitrogen and oxygen atoms in total. The quantitative estimate of drug-likeness (QED) is 0.598. The molecule has 0 unspecified atom stereocenters. The van der Waals surface area contributed by atoms with Crippen molar-refractivity contribution in [3.8, 4) is 0 Å². The zero-order valence-electron chi connectivity index (χ0n) is 10.8. The van der Waals surface area contributed by atoms with Crippen LogP contribution in [0.5, 0.6) is 0 Å². The van der Waals surface area contributed by atoms with E-state index in [4.69, 9.17) is 4.74 Å². The monoisotopic (exact) mass is 243 g/mol. The van der Waals surface area contributed by atoms with E-state index < -0.39 is 0 Å². The minimum Gasteiger partial charge on any atom is -0.373 e. The molecule has 0 aliphatic heterocycles. The van der Waals surface area contributed by atoms with E-state index in [1.54, 1.807) is 0 Å². The van der Waals surface area contributed by atoms with Crippen molar-refractivity contribution in [2.75, 3.05) is 13.2 Å². The molecule has 0 bridgehead atoms. The van der Waals surface area contributed by atoms with Gasteiger partial charge in [0.25, 0.3) is 0 Å². The summed E-state index contributed by atoms with van der Waals surface area (Å²) in [5.74, 6) is -0.0581. The zero-order valence-corrected chi connectivity index (χ0v) is 10.8. The smallest absolute Gasteiger partial charge is 0.206 e. The standard InChI is InChI=1S/C15H17NO2/c1-3-8-18-10-15(17)14-9-11(2)12-6-4-5-7-13(12)16-14/h4-7,9H,3,8,10H2,1-2H3. The van der Waals surface area contributed by atoms with Gasteiger partial charge in [-0.1, -0.05) is 25.1 Å². The molecule has 1 aromatic heterocycles. The van der Waals surface area contributed by atoms with Crippen molar-refractivity contribution in [2.45, 2.75) is 20.3 Å². The Bertz CT molecular complexity index is 563. The van der Waals surface area contributed by atoms with Crippen molar-refractivity contribution in [3.05, 3.63) is 41.6 Å². The Hall–Kier alpha value is -1.74. The second-order valence-electron chi connectivity index (χ2n) is 4.32. The number of Topliss-reactive ketones (excluding diaryl/α,β-unsaturated/α-hetero) is 1. The first-order chi connectivity index (χ1) is 8.72. The summed E-state index contributed by atoms with van der Waals surface area (Å²) in [6.45, 7) is 4.73. The number of carbonyl (C=O) groups is 1. The molecule has 0 N–H and O–H groups in total. The highest BCUT2D eigenvalue weighted by Crippen LogP contribution is 2.17. The fourth-order valence-corrected chi connectivity index (χ4v) is 1.88. The first-order valence-electron chi connectivity index (χ1n) is 6.19. The van der Waals surface area contributed by atoms with E-state index in [2.05, 4.69) is 4.98 Å². The van der Waals surface area contributed by atoms with Crippen LogP contribution in [0.3, 0.4) is 0 Å². The minimum absolute atomic E-state index is 0.0581. The Morgan fingerprint density at radius 3 is 2.89 bits per heavy atom. The Morgan fingerprint density at radius 2 is 2.11 bits per heavy atom. The molecule has 0 atom stereocenters. The third-order valence-corrected chi connectivity index (χ3v) is 2.79. The van der Waals surface area contributed by atoms with Gasteiger partial charge >= 0.3 is 0 Å². The zero-order chi connectivity index (χ0) is 13.0. The van der Waals surface area contributed by atoms with Crippen molar-refractivity contribution in [3.63, 3.8) is 0 Å². The van der Waals surface area contributed by atoms with Gasteiger partial charge < -0.3 is 4.74 Å². The van der Waals surface area contributed by atoms with Crippen LogP contribution < -0.4 is 0 Å². The molecule has 0 aliphatic rings. The lowest BCUT2D eigenvalue weighted by Gasteiger charge is -2.06. The van der Waals surface area contributed by atoms with E-state index in [1.807, 2.05) is 44.2 Å². The van der Waals surface area contributed by atoms with Crippen LogP contribution in [0.2, 0.25) is 0 Å². The van der Waals surface area contributed by atoms with Gasteiger partial charge in [-0.25, -0.2) is 4.98 Å². The third kappa shape index (κ3) is 2.74. The number of aryl methyl sites for hydroxylation is 1. The van der Waals surface area contributed by atoms with Gasteiger partial charge in [0.15, 0.2) is 0 Å². The maximum atomic E-state index is 11.9. The van der Waals surface area contributed by atoms with Crippen molar-refractivity contribution < 1.29 is 9.53 Å². The Labute approximate surface area is 107 Å². The molecule has 0 fully saturated rings. The van der Waals surface area contributed by atoms with Gasteiger partial charge in [-0.3, -0.25) is 4.79 Å². The number of ether oxygens (including phenoxy) is 1. The molecule has 2 rings (SSSR count). The summed E-state index contributed by atoms with van der Waals surface area (Å²) in [5.41, 5.74) is 2.41. The number of pyridine rings is 1. The average Bonchev–Trinajstić information content (AvgIpc) is 2.39. The summed E-state index contributed by atoms with van der Waals surface area (Å²) < 4.78 is 5.26. The molecular formula is C15H17NO2. The molecule has 1 aromatic carbocycles. The topological polar surface area (TPSA) is 39.2 Å². The molecular weight excluding hydrogens is 226 g/mol. The number of aromatic nitrogens is 1. The number of ketones is 1. The normalized spacial score (nSPS) is 10.8. The number of fused-ring (bicyclic) bond motifs is 1. The molecule has 0 saturated carbocycles. The van der Waals surface area contributed by atoms with Crippen molar-refractivity contribution in [1.29, 1.82) is 0 Å². The van der Waals surface area contributed by atoms with E-state index in [1.165, 1.54) is 0 Å². The molecule has 0 saturated heterocycles. The first-order valence-corrected chi connectivity index (χ1v) is 6.19. The number of benzene rings is 1. The van der Waals surface area contributed by atoms with E-state index in [-0.39, 0.29) is 12.4 Å². The molecule has 0 amide bonds. The largest absolute Gasteiger partial charge is 0.373 e. The predicted octanol–water partition coefficient (Wildman–Crippen LogP) is 3.15. The van der Waals surface area contributed by atoms with Gasteiger partial charge in [0.2, 0.25) is 5.78 Å². The Morgan fingerprint density at radius 1 is 1.33 bits per heavy atom. The van der Waals surface area contributed by atoms with Crippen LogP contribution >= 0.6 is 0 Å². The van der Waals surface area contributed by atoms with Crippen LogP contribution in [0.25, 0.3) is 10.9 Å². The summed E-state index contributed by atoms with van der Waals surface area (Å²) in [4.78, 5) is 16.3. The van der Waals surface area contributed by atoms with Crippen LogP contribution in [0.1, 0.15) is 29.4 Å². The fourth-order valence-electron chi connectivity index (χ4n) is 1.88. The third-order valence-electron chi connectivity index (χ3n) is 2.79. The second kappa shape index (κ2) is 5.74. The van der Waals surface area contributed by atoms with Crippen LogP contribution in [0, 0.1) is 6.92 Å². The predicted molar refractivity (Wildman–Crippen MR) is 71.9 cm³/mol. The summed E-state index contributed by atoms with van der Waals surface area (Å²) in [5, 5.41) is 1.09. The van der Waals surface area contributed by atoms with Crippen molar-refractivity contribution >= 4 is 16.7 Å². The lowest BCUT2D eigenvalue weighted by atomic mass is 10.1. The van der Waals surface area contributed by atoms with Gasteiger partial charge in [-0.05, 0) is 31.0 Å². The average molecular weight is 243 g/mol. The van der Waals surface area contributed by atoms with Gasteiger partial charge in [0.1, 0.15) is 12.3 Å². The van der Waals surface area contributed by atoms with Crippen LogP contribution in [0.4, 0.5) is 0 Å². The maximum Gasteiger partial charge on any atom is 0.206 e. The molecule has 2 aromatic rings. The maximum absolute atomic E-state index is 11.9. The van der Waals surface area contributed by atoms with Crippen molar-refractivity contribution in [2.24, 2.45) is 0 Å². The molecule has 18 heavy (non-hydrogen) atoms. The molecule has 0 aliphatic carbocycles. The lowest BCUT2D eigenvalue weighted by Crippen LogP contribution is -2.11. The number of para-hydroxylation sites is 1. The SMILES string of the molecule is CCCOCC(=O)c1cc(C)c2ccccc2n1. The molecule has 0 radical (unpaired) electrons. The molecule has 0 spiro atoms. The fraction of sp³-hybridized carbons (Fsp3) is 0.333. The Kier molecular flexibility index (Phi) is 4.05. The number of rotatable bonds is 5. The molecule has 94 valence electrons. The van der Waals surface area contributed by atoms with Crippen molar-refractivity contribution in [1.82, 2.24) is 4.98 Å². The number of hydrogen-bond acceptors (Lipinski definition) is 3. The van der Waals surface area contributed by atoms with E-state index in [9.17, 15) is 4.79 Å². The van der Waals surface area contributed by atoms with Crippen LogP contribution in [0.15, 0.2) is 30.3 Å². The van der Waals surface area contributed by atoms with Gasteiger partial charge in [-0.15, -0.1) is 0 Å². The first kappa shape index (κ1) is 12.7. The van der Waals surface area contributed by atoms with Gasteiger partial charge in [0.05, 0.1) is 5.52 Å². The number of carbonyl (C=O) groups excluding carboxylic acids is 1. The highest BCUT2D eigenvalue weighted by molar-refractivity contribution is 5.98. The lowest BCUT2D eigenvalue weighted by molar-refractivity contribution is 0.0756. The second-order valence-corrected chi connectivity index (χ2v) is 4.32. The van der Waals surface area contributed by atoms with Gasteiger partial charge in [0, 0.05) is 12.0 Å². The van der Waals surface area contributed by atoms with E-state index >= 15 is 0 Å². The summed E-state index contributed by atoms with van der Waals surface area (Å²) in [6.07, 6.45) is 0.914. The highest BCUT2D eigenvalue weighted by atomic mass is 16.5. The van der Waals surface area contributed by atoms with Gasteiger partial charge in [-0.2, -0.15) is 0 Å². The highest BCUT2D eigenvalue weighted by Gasteiger charge is 2.10. The molecule has 3 heteroatoms. The van der Waals surface area contributed by atoms with Crippen LogP contribution in [-0.2, 0) is 4.74 Å². The number of hydrogen-bond donors (Lipinski definition) is 0. The molecule has 1 heterocycles. The number of nitrogens with zero attached hydrogens (tertiary/aromatic N) is 1.